The van der Waals surface area contributed by atoms with Crippen LogP contribution in [0.25, 0.3) is 0 Å². The van der Waals surface area contributed by atoms with Crippen LogP contribution in [0.15, 0.2) is 24.3 Å². The Hall–Kier alpha value is -4.46. The van der Waals surface area contributed by atoms with Crippen molar-refractivity contribution in [3.8, 4) is 11.6 Å². The van der Waals surface area contributed by atoms with Gasteiger partial charge in [0.05, 0.1) is 11.8 Å². The quantitative estimate of drug-likeness (QED) is 0.190. The van der Waals surface area contributed by atoms with E-state index in [0.29, 0.717) is 17.0 Å². The van der Waals surface area contributed by atoms with Gasteiger partial charge in [-0.25, -0.2) is 0 Å². The molecule has 0 amide bonds. The molecule has 0 unspecified atom stereocenters. The highest BCUT2D eigenvalue weighted by Gasteiger charge is 2.54. The average molecular weight is 633 g/mol. The number of ketones is 1. The van der Waals surface area contributed by atoms with Crippen molar-refractivity contribution in [1.82, 2.24) is 9.78 Å². The average Bonchev–Trinajstić information content (AvgIpc) is 3.25. The summed E-state index contributed by atoms with van der Waals surface area (Å²) >= 11 is 0. The minimum atomic E-state index is -1.56. The standard InChI is InChI=1S/C31H40N2O12/c1-15(2)33-17(5)25(26(38)22-10-12-23(13-11-22)40-16(3)4)30(32-33)45-31-29(43-21(9)37)28(42-20(8)36)27(41-19(7)35)24(44-31)14-39-18(6)34/h10-13,15-16,24,27-29,31H,14H2,1-9H3/t24-,27-,28+,29-,31+/m1/s1. The summed E-state index contributed by atoms with van der Waals surface area (Å²) in [5, 5.41) is 4.52. The first-order valence-electron chi connectivity index (χ1n) is 14.5. The fourth-order valence-electron chi connectivity index (χ4n) is 4.83. The van der Waals surface area contributed by atoms with Gasteiger partial charge in [0.1, 0.15) is 24.0 Å². The van der Waals surface area contributed by atoms with Gasteiger partial charge in [-0.2, -0.15) is 0 Å². The van der Waals surface area contributed by atoms with Crippen molar-refractivity contribution >= 4 is 29.7 Å². The Labute approximate surface area is 261 Å². The highest BCUT2D eigenvalue weighted by Crippen LogP contribution is 2.34. The van der Waals surface area contributed by atoms with Crippen molar-refractivity contribution in [1.29, 1.82) is 0 Å². The fourth-order valence-corrected chi connectivity index (χ4v) is 4.83. The van der Waals surface area contributed by atoms with Crippen LogP contribution >= 0.6 is 0 Å². The third kappa shape index (κ3) is 9.03. The largest absolute Gasteiger partial charge is 0.491 e. The molecule has 14 heteroatoms. The molecule has 246 valence electrons. The van der Waals surface area contributed by atoms with Crippen LogP contribution in [0.1, 0.15) is 83.0 Å². The number of aromatic nitrogens is 2. The lowest BCUT2D eigenvalue weighted by Crippen LogP contribution is -2.63. The summed E-state index contributed by atoms with van der Waals surface area (Å²) in [6.45, 7) is 13.3. The molecule has 1 fully saturated rings. The highest BCUT2D eigenvalue weighted by molar-refractivity contribution is 6.11. The number of hydrogen-bond acceptors (Lipinski definition) is 13. The third-order valence-corrected chi connectivity index (χ3v) is 6.50. The van der Waals surface area contributed by atoms with Crippen LogP contribution in [0.2, 0.25) is 0 Å². The number of nitrogens with zero attached hydrogens (tertiary/aromatic N) is 2. The van der Waals surface area contributed by atoms with E-state index < -0.39 is 67.0 Å². The summed E-state index contributed by atoms with van der Waals surface area (Å²) in [5.41, 5.74) is 0.913. The number of carbonyl (C=O) groups excluding carboxylic acids is 5. The molecule has 2 heterocycles. The summed E-state index contributed by atoms with van der Waals surface area (Å²) in [7, 11) is 0. The van der Waals surface area contributed by atoms with Crippen LogP contribution in [0.3, 0.4) is 0 Å². The van der Waals surface area contributed by atoms with Gasteiger partial charge >= 0.3 is 23.9 Å². The topological polar surface area (TPSA) is 168 Å². The first-order valence-corrected chi connectivity index (χ1v) is 14.5. The van der Waals surface area contributed by atoms with Crippen LogP contribution in [0.5, 0.6) is 11.6 Å². The van der Waals surface area contributed by atoms with Crippen LogP contribution in [-0.4, -0.2) is 82.9 Å². The van der Waals surface area contributed by atoms with E-state index in [1.54, 1.807) is 35.9 Å². The van der Waals surface area contributed by atoms with Gasteiger partial charge in [0, 0.05) is 39.3 Å². The predicted octanol–water partition coefficient (Wildman–Crippen LogP) is 3.25. The van der Waals surface area contributed by atoms with Crippen LogP contribution in [0, 0.1) is 6.92 Å². The molecule has 1 aliphatic rings. The molecule has 1 saturated heterocycles. The molecule has 5 atom stereocenters. The van der Waals surface area contributed by atoms with E-state index in [2.05, 4.69) is 5.10 Å². The zero-order valence-corrected chi connectivity index (χ0v) is 26.9. The van der Waals surface area contributed by atoms with Crippen molar-refractivity contribution in [2.45, 2.75) is 105 Å². The summed E-state index contributed by atoms with van der Waals surface area (Å²) in [6, 6.07) is 6.39. The molecule has 3 rings (SSSR count). The number of benzene rings is 1. The molecular formula is C31H40N2O12. The molecule has 45 heavy (non-hydrogen) atoms. The Balaban J connectivity index is 2.11. The predicted molar refractivity (Wildman–Crippen MR) is 156 cm³/mol. The van der Waals surface area contributed by atoms with Crippen LogP contribution in [0.4, 0.5) is 0 Å². The first-order chi connectivity index (χ1) is 21.1. The van der Waals surface area contributed by atoms with E-state index in [1.165, 1.54) is 6.92 Å². The van der Waals surface area contributed by atoms with Crippen LogP contribution in [-0.2, 0) is 42.9 Å². The van der Waals surface area contributed by atoms with Crippen molar-refractivity contribution in [2.75, 3.05) is 6.61 Å². The number of hydrogen-bond donors (Lipinski definition) is 0. The Bertz CT molecular complexity index is 1400. The van der Waals surface area contributed by atoms with E-state index in [0.717, 1.165) is 20.8 Å². The lowest BCUT2D eigenvalue weighted by molar-refractivity contribution is -0.289. The Morgan fingerprint density at radius 1 is 0.822 bits per heavy atom. The summed E-state index contributed by atoms with van der Waals surface area (Å²) in [5.74, 6) is -3.00. The second-order valence-corrected chi connectivity index (χ2v) is 11.0. The number of rotatable bonds is 12. The maximum absolute atomic E-state index is 13.9. The van der Waals surface area contributed by atoms with E-state index in [-0.39, 0.29) is 23.6 Å². The van der Waals surface area contributed by atoms with Crippen molar-refractivity contribution in [3.63, 3.8) is 0 Å². The molecule has 0 N–H and O–H groups in total. The van der Waals surface area contributed by atoms with Gasteiger partial charge in [0.25, 0.3) is 0 Å². The van der Waals surface area contributed by atoms with Crippen molar-refractivity contribution < 1.29 is 57.1 Å². The maximum atomic E-state index is 13.9. The minimum absolute atomic E-state index is 0.0559. The second-order valence-electron chi connectivity index (χ2n) is 11.0. The molecule has 0 radical (unpaired) electrons. The number of carbonyl (C=O) groups is 5. The van der Waals surface area contributed by atoms with Gasteiger partial charge in [-0.05, 0) is 58.9 Å². The molecular weight excluding hydrogens is 592 g/mol. The summed E-state index contributed by atoms with van der Waals surface area (Å²) in [4.78, 5) is 62.0. The minimum Gasteiger partial charge on any atom is -0.491 e. The third-order valence-electron chi connectivity index (χ3n) is 6.50. The Morgan fingerprint density at radius 3 is 1.89 bits per heavy atom. The molecule has 2 aromatic rings. The van der Waals surface area contributed by atoms with Gasteiger partial charge < -0.3 is 33.2 Å². The zero-order chi connectivity index (χ0) is 33.6. The number of ether oxygens (including phenoxy) is 7. The van der Waals surface area contributed by atoms with E-state index in [9.17, 15) is 24.0 Å². The highest BCUT2D eigenvalue weighted by atomic mass is 16.7. The lowest BCUT2D eigenvalue weighted by atomic mass is 9.98. The monoisotopic (exact) mass is 632 g/mol. The van der Waals surface area contributed by atoms with E-state index in [4.69, 9.17) is 33.2 Å². The normalized spacial score (nSPS) is 21.2. The molecule has 0 spiro atoms. The summed E-state index contributed by atoms with van der Waals surface area (Å²) in [6.07, 6.45) is -7.16. The van der Waals surface area contributed by atoms with E-state index >= 15 is 0 Å². The molecule has 0 bridgehead atoms. The first kappa shape index (κ1) is 35.0. The van der Waals surface area contributed by atoms with Crippen molar-refractivity contribution in [3.05, 3.63) is 41.1 Å². The Kier molecular flexibility index (Phi) is 11.7. The second kappa shape index (κ2) is 15.0. The number of esters is 4. The van der Waals surface area contributed by atoms with Gasteiger partial charge in [0.15, 0.2) is 18.0 Å². The smallest absolute Gasteiger partial charge is 0.303 e. The molecule has 0 aliphatic carbocycles. The Morgan fingerprint density at radius 2 is 1.38 bits per heavy atom. The molecule has 1 aliphatic heterocycles. The molecule has 1 aromatic carbocycles. The molecule has 14 nitrogen and oxygen atoms in total. The van der Waals surface area contributed by atoms with E-state index in [1.807, 2.05) is 27.7 Å². The van der Waals surface area contributed by atoms with Gasteiger partial charge in [-0.1, -0.05) is 0 Å². The van der Waals surface area contributed by atoms with Gasteiger partial charge in [-0.15, -0.1) is 5.10 Å². The SMILES string of the molecule is CC(=O)OC[C@H]1O[C@@H](Oc2nn(C(C)C)c(C)c2C(=O)c2ccc(OC(C)C)cc2)[C@H](OC(C)=O)[C@@H](OC(C)=O)[C@@H]1OC(C)=O. The van der Waals surface area contributed by atoms with Gasteiger partial charge in [-0.3, -0.25) is 28.7 Å². The fraction of sp³-hybridized carbons (Fsp3) is 0.548. The lowest BCUT2D eigenvalue weighted by Gasteiger charge is -2.43. The van der Waals surface area contributed by atoms with Crippen molar-refractivity contribution in [2.24, 2.45) is 0 Å². The van der Waals surface area contributed by atoms with Crippen LogP contribution < -0.4 is 9.47 Å². The van der Waals surface area contributed by atoms with Gasteiger partial charge in [0.2, 0.25) is 18.3 Å². The maximum Gasteiger partial charge on any atom is 0.303 e. The summed E-state index contributed by atoms with van der Waals surface area (Å²) < 4.78 is 41.0. The zero-order valence-electron chi connectivity index (χ0n) is 26.9. The molecule has 0 saturated carbocycles. The molecule has 1 aromatic heterocycles.